The highest BCUT2D eigenvalue weighted by Gasteiger charge is 2.18. The number of nitrogens with zero attached hydrogens (tertiary/aromatic N) is 3. The van der Waals surface area contributed by atoms with Crippen molar-refractivity contribution in [3.8, 4) is 23.1 Å². The molecule has 6 rings (SSSR count). The van der Waals surface area contributed by atoms with E-state index in [-0.39, 0.29) is 23.9 Å². The van der Waals surface area contributed by atoms with Gasteiger partial charge in [-0.3, -0.25) is 9.59 Å². The van der Waals surface area contributed by atoms with E-state index in [1.807, 2.05) is 61.5 Å². The molecule has 0 aliphatic rings. The highest BCUT2D eigenvalue weighted by molar-refractivity contribution is 5.93. The zero-order valence-corrected chi connectivity index (χ0v) is 22.9. The summed E-state index contributed by atoms with van der Waals surface area (Å²) in [5.74, 6) is 1.35. The Bertz CT molecular complexity index is 2030. The first-order valence-electron chi connectivity index (χ1n) is 13.2. The summed E-state index contributed by atoms with van der Waals surface area (Å²) < 4.78 is 18.6. The number of hydrogen-bond donors (Lipinski definition) is 1. The first-order valence-corrected chi connectivity index (χ1v) is 13.2. The maximum atomic E-state index is 13.6. The molecule has 9 nitrogen and oxygen atoms in total. The van der Waals surface area contributed by atoms with Crippen LogP contribution in [-0.2, 0) is 4.79 Å². The Balaban J connectivity index is 1.35. The van der Waals surface area contributed by atoms with Gasteiger partial charge in [-0.2, -0.15) is 9.78 Å². The molecule has 2 aromatic heterocycles. The fraction of sp³-hybridized carbons (Fsp3) is 0.0909. The van der Waals surface area contributed by atoms with Crippen molar-refractivity contribution in [2.24, 2.45) is 5.10 Å². The van der Waals surface area contributed by atoms with Crippen LogP contribution in [0.15, 0.2) is 111 Å². The minimum Gasteiger partial charge on any atom is -0.496 e. The number of hydrogen-bond acceptors (Lipinski definition) is 7. The molecule has 0 radical (unpaired) electrons. The summed E-state index contributed by atoms with van der Waals surface area (Å²) in [6, 6.07) is 28.9. The number of aryl methyl sites for hydroxylation is 1. The minimum atomic E-state index is -0.365. The number of ether oxygens (including phenoxy) is 2. The van der Waals surface area contributed by atoms with Gasteiger partial charge in [0.05, 0.1) is 29.6 Å². The third-order valence-corrected chi connectivity index (χ3v) is 6.72. The molecule has 42 heavy (non-hydrogen) atoms. The van der Waals surface area contributed by atoms with Crippen LogP contribution in [0.5, 0.6) is 11.5 Å². The third kappa shape index (κ3) is 5.23. The van der Waals surface area contributed by atoms with Crippen LogP contribution in [0.3, 0.4) is 0 Å². The summed E-state index contributed by atoms with van der Waals surface area (Å²) >= 11 is 0. The predicted molar refractivity (Wildman–Crippen MR) is 163 cm³/mol. The van der Waals surface area contributed by atoms with E-state index < -0.39 is 0 Å². The minimum absolute atomic E-state index is 0.206. The summed E-state index contributed by atoms with van der Waals surface area (Å²) in [7, 11) is 1.59. The number of aromatic nitrogens is 2. The van der Waals surface area contributed by atoms with Crippen LogP contribution in [-0.4, -0.2) is 35.5 Å². The summed E-state index contributed by atoms with van der Waals surface area (Å²) in [6.45, 7) is 1.71. The lowest BCUT2D eigenvalue weighted by Crippen LogP contribution is -2.21. The first kappa shape index (κ1) is 26.5. The van der Waals surface area contributed by atoms with Gasteiger partial charge in [0.1, 0.15) is 17.1 Å². The lowest BCUT2D eigenvalue weighted by molar-refractivity contribution is -0.118. The van der Waals surface area contributed by atoms with E-state index in [4.69, 9.17) is 18.9 Å². The molecule has 0 unspecified atom stereocenters. The molecule has 1 amide bonds. The second kappa shape index (κ2) is 11.4. The highest BCUT2D eigenvalue weighted by atomic mass is 16.5. The van der Waals surface area contributed by atoms with Crippen molar-refractivity contribution in [3.05, 3.63) is 119 Å². The van der Waals surface area contributed by atoms with Crippen molar-refractivity contribution < 1.29 is 18.7 Å². The molecule has 0 atom stereocenters. The van der Waals surface area contributed by atoms with Crippen molar-refractivity contribution in [1.82, 2.24) is 9.66 Å². The Morgan fingerprint density at radius 3 is 2.57 bits per heavy atom. The summed E-state index contributed by atoms with van der Waals surface area (Å²) in [4.78, 5) is 30.9. The van der Waals surface area contributed by atoms with Gasteiger partial charge in [-0.1, -0.05) is 48.5 Å². The van der Waals surface area contributed by atoms with E-state index in [1.54, 1.807) is 49.6 Å². The molecule has 0 fully saturated rings. The topological polar surface area (TPSA) is 108 Å². The van der Waals surface area contributed by atoms with Gasteiger partial charge >= 0.3 is 0 Å². The maximum Gasteiger partial charge on any atom is 0.282 e. The molecule has 2 heterocycles. The second-order valence-electron chi connectivity index (χ2n) is 9.49. The Morgan fingerprint density at radius 1 is 0.952 bits per heavy atom. The van der Waals surface area contributed by atoms with Crippen LogP contribution in [0.4, 0.5) is 5.69 Å². The summed E-state index contributed by atoms with van der Waals surface area (Å²) in [5.41, 5.74) is 2.98. The van der Waals surface area contributed by atoms with Gasteiger partial charge in [0.2, 0.25) is 5.82 Å². The molecule has 6 aromatic rings. The Hall–Kier alpha value is -5.70. The van der Waals surface area contributed by atoms with Gasteiger partial charge in [0.15, 0.2) is 12.4 Å². The number of rotatable bonds is 8. The number of carbonyl (C=O) groups excluding carboxylic acids is 1. The van der Waals surface area contributed by atoms with Crippen LogP contribution in [0.25, 0.3) is 33.5 Å². The standard InChI is InChI=1S/C33H26N4O5/c1-21-10-3-6-13-25(21)35-31(38)20-41-27-15-8-4-11-22(27)19-34-37-32(36-26-14-7-5-12-23(26)33(37)39)30-18-24-28(40-2)16-9-17-29(24)42-30/h3-19H,20H2,1-2H3,(H,35,38). The monoisotopic (exact) mass is 558 g/mol. The van der Waals surface area contributed by atoms with E-state index >= 15 is 0 Å². The van der Waals surface area contributed by atoms with E-state index in [1.165, 1.54) is 10.9 Å². The summed E-state index contributed by atoms with van der Waals surface area (Å²) in [6.07, 6.45) is 1.50. The smallest absolute Gasteiger partial charge is 0.282 e. The van der Waals surface area contributed by atoms with Crippen molar-refractivity contribution in [1.29, 1.82) is 0 Å². The molecule has 208 valence electrons. The van der Waals surface area contributed by atoms with Crippen LogP contribution in [0, 0.1) is 6.92 Å². The zero-order valence-electron chi connectivity index (χ0n) is 22.9. The highest BCUT2D eigenvalue weighted by Crippen LogP contribution is 2.33. The number of nitrogens with one attached hydrogen (secondary N) is 1. The van der Waals surface area contributed by atoms with Gasteiger partial charge in [0, 0.05) is 11.3 Å². The number of amides is 1. The van der Waals surface area contributed by atoms with E-state index in [0.29, 0.717) is 39.3 Å². The molecule has 0 spiro atoms. The van der Waals surface area contributed by atoms with Gasteiger partial charge in [-0.25, -0.2) is 4.98 Å². The van der Waals surface area contributed by atoms with Crippen LogP contribution < -0.4 is 20.3 Å². The van der Waals surface area contributed by atoms with Gasteiger partial charge in [-0.15, -0.1) is 0 Å². The fourth-order valence-electron chi connectivity index (χ4n) is 4.59. The Kier molecular flexibility index (Phi) is 7.21. The SMILES string of the molecule is COc1cccc2oc(-c3nc4ccccc4c(=O)n3N=Cc3ccccc3OCC(=O)Nc3ccccc3C)cc12. The molecule has 1 N–H and O–H groups in total. The first-order chi connectivity index (χ1) is 20.5. The number of fused-ring (bicyclic) bond motifs is 2. The normalized spacial score (nSPS) is 11.3. The molecule has 4 aromatic carbocycles. The third-order valence-electron chi connectivity index (χ3n) is 6.72. The van der Waals surface area contributed by atoms with Crippen LogP contribution in [0.2, 0.25) is 0 Å². The number of carbonyl (C=O) groups is 1. The maximum absolute atomic E-state index is 13.6. The predicted octanol–water partition coefficient (Wildman–Crippen LogP) is 6.03. The van der Waals surface area contributed by atoms with Crippen molar-refractivity contribution in [3.63, 3.8) is 0 Å². The quantitative estimate of drug-likeness (QED) is 0.229. The zero-order chi connectivity index (χ0) is 29.1. The summed E-state index contributed by atoms with van der Waals surface area (Å²) in [5, 5.41) is 8.54. The van der Waals surface area contributed by atoms with Gasteiger partial charge in [0.25, 0.3) is 11.5 Å². The molecular formula is C33H26N4O5. The largest absolute Gasteiger partial charge is 0.496 e. The van der Waals surface area contributed by atoms with Crippen LogP contribution >= 0.6 is 0 Å². The second-order valence-corrected chi connectivity index (χ2v) is 9.49. The van der Waals surface area contributed by atoms with Crippen molar-refractivity contribution >= 4 is 39.7 Å². The number of furan rings is 1. The molecule has 0 saturated heterocycles. The van der Waals surface area contributed by atoms with Gasteiger partial charge in [-0.05, 0) is 61.0 Å². The molecule has 0 saturated carbocycles. The lowest BCUT2D eigenvalue weighted by Gasteiger charge is -2.11. The van der Waals surface area contributed by atoms with Crippen molar-refractivity contribution in [2.75, 3.05) is 19.0 Å². The lowest BCUT2D eigenvalue weighted by atomic mass is 10.2. The molecule has 0 aliphatic carbocycles. The molecule has 0 aliphatic heterocycles. The molecule has 9 heteroatoms. The van der Waals surface area contributed by atoms with Crippen molar-refractivity contribution in [2.45, 2.75) is 6.92 Å². The number of methoxy groups -OCH3 is 1. The average Bonchev–Trinajstić information content (AvgIpc) is 3.46. The fourth-order valence-corrected chi connectivity index (χ4v) is 4.59. The van der Waals surface area contributed by atoms with E-state index in [0.717, 1.165) is 16.6 Å². The van der Waals surface area contributed by atoms with Crippen LogP contribution in [0.1, 0.15) is 11.1 Å². The molecule has 0 bridgehead atoms. The van der Waals surface area contributed by atoms with E-state index in [2.05, 4.69) is 10.4 Å². The van der Waals surface area contributed by atoms with E-state index in [9.17, 15) is 9.59 Å². The Morgan fingerprint density at radius 2 is 1.71 bits per heavy atom. The molecular weight excluding hydrogens is 532 g/mol. The number of anilines is 1. The Labute approximate surface area is 240 Å². The average molecular weight is 559 g/mol. The van der Waals surface area contributed by atoms with Gasteiger partial charge < -0.3 is 19.2 Å². The number of para-hydroxylation sites is 3. The number of benzene rings is 4.